The first-order valence-electron chi connectivity index (χ1n) is 8.19. The molecule has 3 aromatic rings. The highest BCUT2D eigenvalue weighted by atomic mass is 32.2. The van der Waals surface area contributed by atoms with Crippen LogP contribution >= 0.6 is 11.8 Å². The van der Waals surface area contributed by atoms with Gasteiger partial charge in [-0.15, -0.1) is 5.10 Å². The van der Waals surface area contributed by atoms with Gasteiger partial charge in [-0.05, 0) is 37.6 Å². The van der Waals surface area contributed by atoms with Gasteiger partial charge in [-0.2, -0.15) is 0 Å². The lowest BCUT2D eigenvalue weighted by Gasteiger charge is -2.06. The summed E-state index contributed by atoms with van der Waals surface area (Å²) in [5.41, 5.74) is 3.03. The number of nitrogens with one attached hydrogen (secondary N) is 2. The Morgan fingerprint density at radius 3 is 2.69 bits per heavy atom. The first kappa shape index (κ1) is 18.0. The van der Waals surface area contributed by atoms with Crippen LogP contribution in [-0.2, 0) is 11.4 Å². The van der Waals surface area contributed by atoms with E-state index in [1.54, 1.807) is 0 Å². The van der Waals surface area contributed by atoms with Crippen molar-refractivity contribution in [1.82, 2.24) is 15.2 Å². The number of H-pyrrole nitrogens is 1. The van der Waals surface area contributed by atoms with E-state index < -0.39 is 0 Å². The number of amides is 1. The molecule has 0 aliphatic carbocycles. The number of aryl methyl sites for hydroxylation is 2. The first-order valence-corrected chi connectivity index (χ1v) is 9.18. The average molecular weight is 368 g/mol. The van der Waals surface area contributed by atoms with Gasteiger partial charge in [0.15, 0.2) is 5.82 Å². The zero-order valence-corrected chi connectivity index (χ0v) is 15.5. The number of ether oxygens (including phenoxy) is 1. The van der Waals surface area contributed by atoms with E-state index in [0.717, 1.165) is 17.0 Å². The monoisotopic (exact) mass is 368 g/mol. The summed E-state index contributed by atoms with van der Waals surface area (Å²) >= 11 is 1.28. The average Bonchev–Trinajstić information content (AvgIpc) is 3.09. The molecule has 134 valence electrons. The van der Waals surface area contributed by atoms with Crippen molar-refractivity contribution in [2.24, 2.45) is 0 Å². The molecule has 0 atom stereocenters. The number of rotatable bonds is 7. The van der Waals surface area contributed by atoms with Gasteiger partial charge >= 0.3 is 0 Å². The number of aromatic nitrogens is 3. The van der Waals surface area contributed by atoms with Crippen LogP contribution in [0, 0.1) is 13.8 Å². The van der Waals surface area contributed by atoms with Crippen molar-refractivity contribution in [3.8, 4) is 5.75 Å². The Morgan fingerprint density at radius 1 is 1.15 bits per heavy atom. The van der Waals surface area contributed by atoms with Crippen LogP contribution in [-0.4, -0.2) is 26.8 Å². The molecule has 0 aliphatic rings. The number of carbonyl (C=O) groups is 1. The molecule has 0 aliphatic heterocycles. The van der Waals surface area contributed by atoms with Crippen LogP contribution in [0.1, 0.15) is 17.0 Å². The lowest BCUT2D eigenvalue weighted by Crippen LogP contribution is -2.14. The summed E-state index contributed by atoms with van der Waals surface area (Å²) in [6, 6.07) is 15.5. The highest BCUT2D eigenvalue weighted by molar-refractivity contribution is 7.99. The predicted octanol–water partition coefficient (Wildman–Crippen LogP) is 3.73. The van der Waals surface area contributed by atoms with E-state index in [1.165, 1.54) is 17.3 Å². The van der Waals surface area contributed by atoms with Gasteiger partial charge in [0.1, 0.15) is 12.4 Å². The smallest absolute Gasteiger partial charge is 0.234 e. The molecule has 3 rings (SSSR count). The lowest BCUT2D eigenvalue weighted by molar-refractivity contribution is -0.113. The largest absolute Gasteiger partial charge is 0.486 e. The molecule has 7 heteroatoms. The summed E-state index contributed by atoms with van der Waals surface area (Å²) in [7, 11) is 0. The number of benzene rings is 2. The van der Waals surface area contributed by atoms with Crippen LogP contribution in [0.2, 0.25) is 0 Å². The second-order valence-corrected chi connectivity index (χ2v) is 6.76. The minimum atomic E-state index is -0.0912. The molecule has 0 saturated heterocycles. The summed E-state index contributed by atoms with van der Waals surface area (Å²) in [5, 5.41) is 10.3. The van der Waals surface area contributed by atoms with Gasteiger partial charge in [0.2, 0.25) is 11.1 Å². The molecule has 1 heterocycles. The van der Waals surface area contributed by atoms with Gasteiger partial charge in [-0.3, -0.25) is 9.89 Å². The van der Waals surface area contributed by atoms with Gasteiger partial charge in [0.25, 0.3) is 0 Å². The van der Waals surface area contributed by atoms with E-state index in [4.69, 9.17) is 4.74 Å². The van der Waals surface area contributed by atoms with Gasteiger partial charge < -0.3 is 10.1 Å². The third-order valence-electron chi connectivity index (χ3n) is 3.66. The number of aromatic amines is 1. The van der Waals surface area contributed by atoms with Crippen LogP contribution in [0.25, 0.3) is 0 Å². The molecule has 2 N–H and O–H groups in total. The van der Waals surface area contributed by atoms with Crippen LogP contribution in [0.4, 0.5) is 5.69 Å². The lowest BCUT2D eigenvalue weighted by atomic mass is 10.2. The molecule has 6 nitrogen and oxygen atoms in total. The van der Waals surface area contributed by atoms with Crippen LogP contribution in [0.15, 0.2) is 53.7 Å². The van der Waals surface area contributed by atoms with Crippen molar-refractivity contribution in [2.75, 3.05) is 11.1 Å². The summed E-state index contributed by atoms with van der Waals surface area (Å²) in [6.45, 7) is 4.28. The second-order valence-electron chi connectivity index (χ2n) is 5.82. The quantitative estimate of drug-likeness (QED) is 0.621. The van der Waals surface area contributed by atoms with Crippen molar-refractivity contribution in [1.29, 1.82) is 0 Å². The highest BCUT2D eigenvalue weighted by Crippen LogP contribution is 2.17. The van der Waals surface area contributed by atoms with E-state index in [2.05, 4.69) is 20.5 Å². The third-order valence-corrected chi connectivity index (χ3v) is 4.51. The number of hydrogen-bond acceptors (Lipinski definition) is 5. The first-order chi connectivity index (χ1) is 12.6. The molecular weight excluding hydrogens is 348 g/mol. The Balaban J connectivity index is 1.46. The topological polar surface area (TPSA) is 79.9 Å². The number of thioether (sulfide) groups is 1. The van der Waals surface area contributed by atoms with E-state index in [1.807, 2.05) is 62.4 Å². The Kier molecular flexibility index (Phi) is 5.91. The van der Waals surface area contributed by atoms with Gasteiger partial charge in [-0.25, -0.2) is 4.98 Å². The third kappa shape index (κ3) is 5.10. The number of nitrogens with zero attached hydrogens (tertiary/aromatic N) is 2. The maximum absolute atomic E-state index is 12.1. The minimum Gasteiger partial charge on any atom is -0.486 e. The molecule has 1 amide bonds. The fraction of sp³-hybridized carbons (Fsp3) is 0.211. The molecule has 0 unspecified atom stereocenters. The van der Waals surface area contributed by atoms with Crippen LogP contribution < -0.4 is 10.1 Å². The standard InChI is InChI=1S/C19H20N4O2S/c1-13-7-9-15(10-8-13)25-11-17-21-19(23-22-17)26-12-18(24)20-16-6-4-3-5-14(16)2/h3-10H,11-12H2,1-2H3,(H,20,24)(H,21,22,23). The van der Waals surface area contributed by atoms with Crippen molar-refractivity contribution in [3.05, 3.63) is 65.5 Å². The van der Waals surface area contributed by atoms with Crippen molar-refractivity contribution >= 4 is 23.4 Å². The van der Waals surface area contributed by atoms with Gasteiger partial charge in [0.05, 0.1) is 5.75 Å². The van der Waals surface area contributed by atoms with E-state index in [9.17, 15) is 4.79 Å². The normalized spacial score (nSPS) is 10.5. The van der Waals surface area contributed by atoms with E-state index in [0.29, 0.717) is 17.6 Å². The zero-order valence-electron chi connectivity index (χ0n) is 14.7. The van der Waals surface area contributed by atoms with Gasteiger partial charge in [0, 0.05) is 5.69 Å². The SMILES string of the molecule is Cc1ccc(OCc2nc(SCC(=O)Nc3ccccc3C)n[nH]2)cc1. The second kappa shape index (κ2) is 8.53. The molecule has 26 heavy (non-hydrogen) atoms. The van der Waals surface area contributed by atoms with Crippen LogP contribution in [0.3, 0.4) is 0 Å². The minimum absolute atomic E-state index is 0.0912. The van der Waals surface area contributed by atoms with Gasteiger partial charge in [-0.1, -0.05) is 47.7 Å². The zero-order chi connectivity index (χ0) is 18.4. The summed E-state index contributed by atoms with van der Waals surface area (Å²) < 4.78 is 5.66. The number of hydrogen-bond donors (Lipinski definition) is 2. The molecule has 1 aromatic heterocycles. The Bertz CT molecular complexity index is 877. The Hall–Kier alpha value is -2.80. The van der Waals surface area contributed by atoms with E-state index >= 15 is 0 Å². The van der Waals surface area contributed by atoms with Crippen molar-refractivity contribution in [3.63, 3.8) is 0 Å². The summed E-state index contributed by atoms with van der Waals surface area (Å²) in [6.07, 6.45) is 0. The number of para-hydroxylation sites is 1. The maximum Gasteiger partial charge on any atom is 0.234 e. The van der Waals surface area contributed by atoms with Crippen LogP contribution in [0.5, 0.6) is 5.75 Å². The van der Waals surface area contributed by atoms with E-state index in [-0.39, 0.29) is 11.7 Å². The van der Waals surface area contributed by atoms with Crippen molar-refractivity contribution in [2.45, 2.75) is 25.6 Å². The highest BCUT2D eigenvalue weighted by Gasteiger charge is 2.09. The summed E-state index contributed by atoms with van der Waals surface area (Å²) in [5.74, 6) is 1.54. The molecule has 0 fully saturated rings. The Morgan fingerprint density at radius 2 is 1.92 bits per heavy atom. The molecule has 0 saturated carbocycles. The molecule has 0 spiro atoms. The fourth-order valence-electron chi connectivity index (χ4n) is 2.22. The van der Waals surface area contributed by atoms with Crippen molar-refractivity contribution < 1.29 is 9.53 Å². The molecule has 2 aromatic carbocycles. The fourth-order valence-corrected chi connectivity index (χ4v) is 2.84. The molecular formula is C19H20N4O2S. The number of carbonyl (C=O) groups excluding carboxylic acids is 1. The predicted molar refractivity (Wildman–Crippen MR) is 102 cm³/mol. The molecule has 0 radical (unpaired) electrons. The Labute approximate surface area is 156 Å². The molecule has 0 bridgehead atoms. The maximum atomic E-state index is 12.1. The summed E-state index contributed by atoms with van der Waals surface area (Å²) in [4.78, 5) is 16.4. The number of anilines is 1.